The molecule has 56 heavy (non-hydrogen) atoms. The van der Waals surface area contributed by atoms with Gasteiger partial charge in [-0.15, -0.1) is 0 Å². The Morgan fingerprint density at radius 1 is 0.304 bits per heavy atom. The largest absolute Gasteiger partial charge is 0.254 e. The van der Waals surface area contributed by atoms with Crippen molar-refractivity contribution in [2.24, 2.45) is 0 Å². The second kappa shape index (κ2) is 12.0. The molecule has 0 aliphatic carbocycles. The molecular weight excluding hydrogens is 681 g/mol. The van der Waals surface area contributed by atoms with Crippen molar-refractivity contribution in [2.45, 2.75) is 0 Å². The third-order valence-electron chi connectivity index (χ3n) is 11.5. The first-order chi connectivity index (χ1) is 27.7. The maximum absolute atomic E-state index is 5.22. The topological polar surface area (TPSA) is 51.6 Å². The van der Waals surface area contributed by atoms with Gasteiger partial charge in [0.15, 0.2) is 0 Å². The Hall–Kier alpha value is -7.56. The first-order valence-corrected chi connectivity index (χ1v) is 18.9. The van der Waals surface area contributed by atoms with Gasteiger partial charge < -0.3 is 0 Å². The van der Waals surface area contributed by atoms with Crippen molar-refractivity contribution >= 4 is 75.9 Å². The molecule has 258 valence electrons. The fourth-order valence-electron chi connectivity index (χ4n) is 8.70. The summed E-state index contributed by atoms with van der Waals surface area (Å²) in [6.45, 7) is 0. The maximum Gasteiger partial charge on any atom is 0.0970 e. The highest BCUT2D eigenvalue weighted by atomic mass is 14.7. The molecule has 0 spiro atoms. The summed E-state index contributed by atoms with van der Waals surface area (Å²) in [5.74, 6) is 0. The Labute approximate surface area is 321 Å². The van der Waals surface area contributed by atoms with Crippen molar-refractivity contribution in [1.29, 1.82) is 0 Å². The molecule has 0 bridgehead atoms. The van der Waals surface area contributed by atoms with E-state index in [2.05, 4.69) is 169 Å². The van der Waals surface area contributed by atoms with Crippen LogP contribution >= 0.6 is 0 Å². The molecule has 0 radical (unpaired) electrons. The molecule has 0 amide bonds. The summed E-state index contributed by atoms with van der Waals surface area (Å²) < 4.78 is 0. The minimum absolute atomic E-state index is 0.918. The number of rotatable bonds is 4. The van der Waals surface area contributed by atoms with Gasteiger partial charge in [0, 0.05) is 45.1 Å². The SMILES string of the molecule is c1cnc2c(c1)ccc1c(-c3ccc(-c4ccc5ccc(-c6ccc7ccc(-c8ccc9ccc%10cccc%11ccc8c9c%10%11)cc7n6)cc5n4)cc3)ccnc12. The summed E-state index contributed by atoms with van der Waals surface area (Å²) in [6, 6.07) is 60.8. The lowest BCUT2D eigenvalue weighted by molar-refractivity contribution is 1.37. The van der Waals surface area contributed by atoms with E-state index in [0.717, 1.165) is 77.3 Å². The molecule has 4 aromatic heterocycles. The van der Waals surface area contributed by atoms with Gasteiger partial charge in [-0.2, -0.15) is 0 Å². The predicted molar refractivity (Wildman–Crippen MR) is 233 cm³/mol. The molecular formula is C52H30N4. The Morgan fingerprint density at radius 3 is 1.64 bits per heavy atom. The first kappa shape index (κ1) is 30.9. The van der Waals surface area contributed by atoms with Gasteiger partial charge in [0.2, 0.25) is 0 Å². The summed E-state index contributed by atoms with van der Waals surface area (Å²) in [5, 5.41) is 12.1. The lowest BCUT2D eigenvalue weighted by Crippen LogP contribution is -1.90. The normalized spacial score (nSPS) is 11.9. The van der Waals surface area contributed by atoms with Gasteiger partial charge in [-0.1, -0.05) is 133 Å². The second-order valence-corrected chi connectivity index (χ2v) is 14.6. The average Bonchev–Trinajstić information content (AvgIpc) is 3.27. The quantitative estimate of drug-likeness (QED) is 0.171. The van der Waals surface area contributed by atoms with Crippen LogP contribution in [0.3, 0.4) is 0 Å². The van der Waals surface area contributed by atoms with Gasteiger partial charge in [-0.3, -0.25) is 9.97 Å². The fourth-order valence-corrected chi connectivity index (χ4v) is 8.70. The maximum atomic E-state index is 5.22. The molecule has 0 aliphatic rings. The van der Waals surface area contributed by atoms with Gasteiger partial charge in [0.1, 0.15) is 0 Å². The Kier molecular flexibility index (Phi) is 6.60. The van der Waals surface area contributed by atoms with E-state index in [0.29, 0.717) is 0 Å². The first-order valence-electron chi connectivity index (χ1n) is 18.9. The lowest BCUT2D eigenvalue weighted by atomic mass is 9.89. The van der Waals surface area contributed by atoms with Gasteiger partial charge >= 0.3 is 0 Å². The molecule has 0 saturated carbocycles. The average molecular weight is 711 g/mol. The van der Waals surface area contributed by atoms with E-state index < -0.39 is 0 Å². The van der Waals surface area contributed by atoms with Crippen molar-refractivity contribution in [3.8, 4) is 44.8 Å². The minimum Gasteiger partial charge on any atom is -0.254 e. The minimum atomic E-state index is 0.918. The predicted octanol–water partition coefficient (Wildman–Crippen LogP) is 13.4. The number of pyridine rings is 4. The summed E-state index contributed by atoms with van der Waals surface area (Å²) in [6.07, 6.45) is 3.70. The number of nitrogens with zero attached hydrogens (tertiary/aromatic N) is 4. The Balaban J connectivity index is 0.890. The number of benzene rings is 8. The Morgan fingerprint density at radius 2 is 0.839 bits per heavy atom. The van der Waals surface area contributed by atoms with Gasteiger partial charge in [-0.25, -0.2) is 9.97 Å². The zero-order valence-corrected chi connectivity index (χ0v) is 30.1. The smallest absolute Gasteiger partial charge is 0.0970 e. The third kappa shape index (κ3) is 4.79. The van der Waals surface area contributed by atoms with Crippen LogP contribution in [0, 0.1) is 0 Å². The van der Waals surface area contributed by atoms with Crippen LogP contribution < -0.4 is 0 Å². The molecule has 0 N–H and O–H groups in total. The van der Waals surface area contributed by atoms with E-state index >= 15 is 0 Å². The van der Waals surface area contributed by atoms with Crippen LogP contribution in [0.5, 0.6) is 0 Å². The molecule has 4 nitrogen and oxygen atoms in total. The molecule has 0 unspecified atom stereocenters. The van der Waals surface area contributed by atoms with Gasteiger partial charge in [0.05, 0.1) is 33.5 Å². The van der Waals surface area contributed by atoms with Crippen molar-refractivity contribution < 1.29 is 0 Å². The Bertz CT molecular complexity index is 3520. The van der Waals surface area contributed by atoms with E-state index in [1.165, 1.54) is 43.4 Å². The lowest BCUT2D eigenvalue weighted by Gasteiger charge is -2.14. The summed E-state index contributed by atoms with van der Waals surface area (Å²) in [4.78, 5) is 19.7. The molecule has 4 heterocycles. The zero-order valence-electron chi connectivity index (χ0n) is 30.1. The monoisotopic (exact) mass is 710 g/mol. The van der Waals surface area contributed by atoms with Crippen LogP contribution in [-0.4, -0.2) is 19.9 Å². The molecule has 0 atom stereocenters. The van der Waals surface area contributed by atoms with Gasteiger partial charge in [0.25, 0.3) is 0 Å². The van der Waals surface area contributed by atoms with Crippen molar-refractivity contribution in [3.63, 3.8) is 0 Å². The van der Waals surface area contributed by atoms with Crippen LogP contribution in [0.4, 0.5) is 0 Å². The highest BCUT2D eigenvalue weighted by Gasteiger charge is 2.14. The molecule has 12 aromatic rings. The van der Waals surface area contributed by atoms with E-state index in [1.807, 2.05) is 18.5 Å². The molecule has 8 aromatic carbocycles. The highest BCUT2D eigenvalue weighted by Crippen LogP contribution is 2.40. The van der Waals surface area contributed by atoms with E-state index in [-0.39, 0.29) is 0 Å². The second-order valence-electron chi connectivity index (χ2n) is 14.6. The zero-order chi connectivity index (χ0) is 36.7. The van der Waals surface area contributed by atoms with E-state index in [1.54, 1.807) is 0 Å². The number of hydrogen-bond acceptors (Lipinski definition) is 4. The third-order valence-corrected chi connectivity index (χ3v) is 11.5. The highest BCUT2D eigenvalue weighted by molar-refractivity contribution is 6.25. The van der Waals surface area contributed by atoms with E-state index in [4.69, 9.17) is 15.0 Å². The van der Waals surface area contributed by atoms with Crippen LogP contribution in [0.15, 0.2) is 182 Å². The summed E-state index contributed by atoms with van der Waals surface area (Å²) in [5.41, 5.74) is 12.4. The van der Waals surface area contributed by atoms with Crippen LogP contribution in [0.1, 0.15) is 0 Å². The summed E-state index contributed by atoms with van der Waals surface area (Å²) >= 11 is 0. The van der Waals surface area contributed by atoms with Crippen molar-refractivity contribution in [2.75, 3.05) is 0 Å². The molecule has 12 rings (SSSR count). The molecule has 4 heteroatoms. The fraction of sp³-hybridized carbons (Fsp3) is 0. The van der Waals surface area contributed by atoms with Crippen LogP contribution in [0.25, 0.3) is 121 Å². The number of aromatic nitrogens is 4. The number of fused-ring (bicyclic) bond motifs is 5. The van der Waals surface area contributed by atoms with Crippen molar-refractivity contribution in [1.82, 2.24) is 19.9 Å². The molecule has 0 fully saturated rings. The summed E-state index contributed by atoms with van der Waals surface area (Å²) in [7, 11) is 0. The van der Waals surface area contributed by atoms with E-state index in [9.17, 15) is 0 Å². The number of hydrogen-bond donors (Lipinski definition) is 0. The molecule has 0 saturated heterocycles. The van der Waals surface area contributed by atoms with Crippen molar-refractivity contribution in [3.05, 3.63) is 182 Å². The van der Waals surface area contributed by atoms with Crippen LogP contribution in [-0.2, 0) is 0 Å². The van der Waals surface area contributed by atoms with Gasteiger partial charge in [-0.05, 0) is 91.0 Å². The molecule has 0 aliphatic heterocycles. The standard InChI is InChI=1S/C52H30N4/c1-3-35-12-13-37-16-21-41(43-22-17-36(4-1)49(35)50(37)43)39-14-10-33-20-25-46(56-47(33)29-39)40-15-11-34-19-24-45(55-48(34)30-40)32-8-6-31(7-9-32)42-26-28-54-52-44(42)23-18-38-5-2-27-53-51(38)52/h1-30H. The van der Waals surface area contributed by atoms with Crippen LogP contribution in [0.2, 0.25) is 0 Å².